The number of aryl methyl sites for hydroxylation is 1. The van der Waals surface area contributed by atoms with Gasteiger partial charge >= 0.3 is 0 Å². The number of nitrogens with one attached hydrogen (secondary N) is 2. The van der Waals surface area contributed by atoms with Crippen LogP contribution in [0.4, 0.5) is 0 Å². The second kappa shape index (κ2) is 19.8. The topological polar surface area (TPSA) is 117 Å². The first-order chi connectivity index (χ1) is 28.2. The van der Waals surface area contributed by atoms with Gasteiger partial charge in [0.25, 0.3) is 0 Å². The number of amides is 1. The molecule has 2 heterocycles. The smallest absolute Gasteiger partial charge is 0.241 e. The second-order valence-corrected chi connectivity index (χ2v) is 17.4. The quantitative estimate of drug-likeness (QED) is 0.104. The Morgan fingerprint density at radius 2 is 1.41 bits per heavy atom. The standard InChI is InChI=1S/C48H55N3O6S/c1-35-18-24-44(25-19-35)58(54,55)50-45(29-36-12-6-5-7-13-36)47(53)49-32-38-14-10-15-40(28-38)41-16-11-17-42(30-41)48-56-43(33-51-26-8-3-2-4-9-27-51)31-46(57-48)39-22-20-37(34-52)21-23-39/h5-7,10-25,28,30,43,45-46,48,50,52H,2-4,8-9,26-27,29,31-34H2,1H3,(H,49,53)/t43-,45-,46+,48+/m1/s1. The first-order valence-electron chi connectivity index (χ1n) is 20.6. The Morgan fingerprint density at radius 3 is 2.14 bits per heavy atom. The maximum absolute atomic E-state index is 13.7. The molecule has 0 bridgehead atoms. The molecule has 2 aliphatic heterocycles. The summed E-state index contributed by atoms with van der Waals surface area (Å²) in [4.78, 5) is 16.4. The van der Waals surface area contributed by atoms with Gasteiger partial charge in [0.1, 0.15) is 6.04 Å². The van der Waals surface area contributed by atoms with Crippen molar-refractivity contribution in [2.75, 3.05) is 19.6 Å². The zero-order chi connectivity index (χ0) is 40.3. The van der Waals surface area contributed by atoms with Crippen LogP contribution in [0.3, 0.4) is 0 Å². The SMILES string of the molecule is Cc1ccc(S(=O)(=O)N[C@H](Cc2ccccc2)C(=O)NCc2cccc(-c3cccc([C@H]4O[C@@H](CN5CCCCCCC5)C[C@@H](c5ccc(CO)cc5)O4)c3)c2)cc1. The van der Waals surface area contributed by atoms with E-state index in [9.17, 15) is 18.3 Å². The molecule has 1 amide bonds. The summed E-state index contributed by atoms with van der Waals surface area (Å²) in [5.41, 5.74) is 7.49. The average molecular weight is 802 g/mol. The maximum atomic E-state index is 13.7. The number of hydrogen-bond acceptors (Lipinski definition) is 7. The largest absolute Gasteiger partial charge is 0.392 e. The lowest BCUT2D eigenvalue weighted by atomic mass is 9.98. The Morgan fingerprint density at radius 1 is 0.741 bits per heavy atom. The molecule has 3 N–H and O–H groups in total. The molecule has 5 aromatic rings. The maximum Gasteiger partial charge on any atom is 0.241 e. The molecule has 2 fully saturated rings. The van der Waals surface area contributed by atoms with E-state index in [0.717, 1.165) is 70.6 Å². The minimum atomic E-state index is -3.96. The summed E-state index contributed by atoms with van der Waals surface area (Å²) in [5.74, 6) is -0.413. The zero-order valence-electron chi connectivity index (χ0n) is 33.3. The van der Waals surface area contributed by atoms with Crippen LogP contribution in [0.5, 0.6) is 0 Å². The lowest BCUT2D eigenvalue weighted by molar-refractivity contribution is -0.253. The summed E-state index contributed by atoms with van der Waals surface area (Å²) < 4.78 is 42.9. The van der Waals surface area contributed by atoms with E-state index in [1.807, 2.05) is 85.8 Å². The number of carbonyl (C=O) groups excluding carboxylic acids is 1. The molecule has 9 nitrogen and oxygen atoms in total. The Bertz CT molecular complexity index is 2190. The fraction of sp³-hybridized carbons (Fsp3) is 0.354. The minimum Gasteiger partial charge on any atom is -0.392 e. The molecule has 0 aromatic heterocycles. The summed E-state index contributed by atoms with van der Waals surface area (Å²) in [6, 6.07) is 39.2. The molecule has 0 radical (unpaired) electrons. The molecule has 0 saturated carbocycles. The van der Waals surface area contributed by atoms with E-state index in [1.165, 1.54) is 32.1 Å². The fourth-order valence-corrected chi connectivity index (χ4v) is 9.06. The van der Waals surface area contributed by atoms with Gasteiger partial charge in [-0.1, -0.05) is 128 Å². The van der Waals surface area contributed by atoms with Crippen LogP contribution in [0.2, 0.25) is 0 Å². The van der Waals surface area contributed by atoms with Crippen LogP contribution in [0.1, 0.15) is 84.3 Å². The fourth-order valence-electron chi connectivity index (χ4n) is 7.87. The Kier molecular flexibility index (Phi) is 14.2. The molecular weight excluding hydrogens is 747 g/mol. The van der Waals surface area contributed by atoms with Gasteiger partial charge in [-0.05, 0) is 96.9 Å². The highest BCUT2D eigenvalue weighted by Crippen LogP contribution is 2.39. The molecule has 0 aliphatic carbocycles. The number of carbonyl (C=O) groups is 1. The van der Waals surface area contributed by atoms with Crippen molar-refractivity contribution >= 4 is 15.9 Å². The van der Waals surface area contributed by atoms with E-state index in [4.69, 9.17) is 9.47 Å². The highest BCUT2D eigenvalue weighted by atomic mass is 32.2. The number of likely N-dealkylation sites (tertiary alicyclic amines) is 1. The van der Waals surface area contributed by atoms with Crippen LogP contribution >= 0.6 is 0 Å². The van der Waals surface area contributed by atoms with Gasteiger partial charge < -0.3 is 24.8 Å². The zero-order valence-corrected chi connectivity index (χ0v) is 34.1. The van der Waals surface area contributed by atoms with Gasteiger partial charge in [-0.2, -0.15) is 4.72 Å². The van der Waals surface area contributed by atoms with Crippen LogP contribution in [-0.2, 0) is 43.9 Å². The summed E-state index contributed by atoms with van der Waals surface area (Å²) in [6.45, 7) is 5.14. The van der Waals surface area contributed by atoms with Gasteiger partial charge in [-0.15, -0.1) is 0 Å². The first-order valence-corrected chi connectivity index (χ1v) is 22.0. The third kappa shape index (κ3) is 11.3. The van der Waals surface area contributed by atoms with Crippen LogP contribution in [0.25, 0.3) is 11.1 Å². The number of sulfonamides is 1. The number of aliphatic hydroxyl groups is 1. The number of nitrogens with zero attached hydrogens (tertiary/aromatic N) is 1. The lowest BCUT2D eigenvalue weighted by Crippen LogP contribution is -2.47. The number of hydrogen-bond donors (Lipinski definition) is 3. The predicted octanol–water partition coefficient (Wildman–Crippen LogP) is 8.17. The molecule has 5 aromatic carbocycles. The predicted molar refractivity (Wildman–Crippen MR) is 227 cm³/mol. The van der Waals surface area contributed by atoms with Gasteiger partial charge in [-0.25, -0.2) is 8.42 Å². The highest BCUT2D eigenvalue weighted by Gasteiger charge is 2.33. The van der Waals surface area contributed by atoms with Crippen molar-refractivity contribution < 1.29 is 27.8 Å². The van der Waals surface area contributed by atoms with Crippen molar-refractivity contribution in [3.63, 3.8) is 0 Å². The summed E-state index contributed by atoms with van der Waals surface area (Å²) in [7, 11) is -3.96. The molecule has 7 rings (SSSR count). The molecule has 58 heavy (non-hydrogen) atoms. The van der Waals surface area contributed by atoms with Crippen LogP contribution in [-0.4, -0.2) is 56.1 Å². The second-order valence-electron chi connectivity index (χ2n) is 15.6. The normalized spacial score (nSPS) is 19.8. The summed E-state index contributed by atoms with van der Waals surface area (Å²) >= 11 is 0. The van der Waals surface area contributed by atoms with Crippen molar-refractivity contribution in [1.29, 1.82) is 0 Å². The molecule has 2 aliphatic rings. The number of aliphatic hydroxyl groups excluding tert-OH is 1. The van der Waals surface area contributed by atoms with Gasteiger partial charge in [0.05, 0.1) is 23.7 Å². The molecule has 304 valence electrons. The number of ether oxygens (including phenoxy) is 2. The van der Waals surface area contributed by atoms with Gasteiger partial charge in [-0.3, -0.25) is 4.79 Å². The van der Waals surface area contributed by atoms with Gasteiger partial charge in [0.2, 0.25) is 15.9 Å². The lowest BCUT2D eigenvalue weighted by Gasteiger charge is -2.39. The Hall–Kier alpha value is -4.68. The minimum absolute atomic E-state index is 0.000330. The summed E-state index contributed by atoms with van der Waals surface area (Å²) in [5, 5.41) is 12.6. The van der Waals surface area contributed by atoms with Crippen LogP contribution in [0.15, 0.2) is 132 Å². The van der Waals surface area contributed by atoms with Crippen molar-refractivity contribution in [1.82, 2.24) is 14.9 Å². The van der Waals surface area contributed by atoms with Gasteiger partial charge in [0.15, 0.2) is 6.29 Å². The van der Waals surface area contributed by atoms with Crippen molar-refractivity contribution in [2.45, 2.75) is 94.5 Å². The molecule has 0 spiro atoms. The van der Waals surface area contributed by atoms with Crippen molar-refractivity contribution in [2.24, 2.45) is 0 Å². The number of benzene rings is 5. The number of rotatable bonds is 14. The van der Waals surface area contributed by atoms with Crippen molar-refractivity contribution in [3.8, 4) is 11.1 Å². The Labute approximate surface area is 343 Å². The van der Waals surface area contributed by atoms with E-state index >= 15 is 0 Å². The van der Waals surface area contributed by atoms with Crippen molar-refractivity contribution in [3.05, 3.63) is 161 Å². The van der Waals surface area contributed by atoms with E-state index in [-0.39, 0.29) is 36.7 Å². The summed E-state index contributed by atoms with van der Waals surface area (Å²) in [6.07, 6.45) is 6.51. The average Bonchev–Trinajstić information content (AvgIpc) is 3.24. The first kappa shape index (κ1) is 41.5. The van der Waals surface area contributed by atoms with Gasteiger partial charge in [0, 0.05) is 25.1 Å². The molecule has 2 saturated heterocycles. The molecule has 10 heteroatoms. The molecule has 4 atom stereocenters. The van der Waals surface area contributed by atoms with Crippen LogP contribution < -0.4 is 10.0 Å². The van der Waals surface area contributed by atoms with E-state index < -0.39 is 28.3 Å². The van der Waals surface area contributed by atoms with Crippen LogP contribution in [0, 0.1) is 6.92 Å². The van der Waals surface area contributed by atoms with E-state index in [2.05, 4.69) is 39.2 Å². The Balaban J connectivity index is 1.06. The third-order valence-electron chi connectivity index (χ3n) is 11.1. The van der Waals surface area contributed by atoms with E-state index in [1.54, 1.807) is 24.3 Å². The monoisotopic (exact) mass is 801 g/mol. The molecule has 0 unspecified atom stereocenters. The van der Waals surface area contributed by atoms with E-state index in [0.29, 0.717) is 0 Å². The highest BCUT2D eigenvalue weighted by molar-refractivity contribution is 7.89. The third-order valence-corrected chi connectivity index (χ3v) is 12.6. The molecular formula is C48H55N3O6S.